The van der Waals surface area contributed by atoms with Gasteiger partial charge in [0.1, 0.15) is 11.5 Å². The van der Waals surface area contributed by atoms with Gasteiger partial charge in [-0.2, -0.15) is 5.26 Å². The van der Waals surface area contributed by atoms with Crippen LogP contribution in [0.15, 0.2) is 24.3 Å². The van der Waals surface area contributed by atoms with Crippen molar-refractivity contribution in [3.63, 3.8) is 0 Å². The predicted molar refractivity (Wildman–Crippen MR) is 117 cm³/mol. The van der Waals surface area contributed by atoms with Crippen molar-refractivity contribution in [2.45, 2.75) is 65.3 Å². The fraction of sp³-hybridized carbons (Fsp3) is 0.591. The molecule has 1 saturated heterocycles. The molecule has 2 amide bonds. The molecule has 1 aliphatic heterocycles. The molecule has 2 rings (SSSR count). The second-order valence-electron chi connectivity index (χ2n) is 9.65. The Bertz CT molecular complexity index is 837. The molecule has 0 bridgehead atoms. The lowest BCUT2D eigenvalue weighted by molar-refractivity contribution is -0.155. The molecule has 8 heteroatoms. The molecule has 0 radical (unpaired) electrons. The maximum atomic E-state index is 12.8. The summed E-state index contributed by atoms with van der Waals surface area (Å²) in [6.45, 7) is 11.4. The van der Waals surface area contributed by atoms with Gasteiger partial charge in [0.05, 0.1) is 18.7 Å². The number of rotatable bonds is 4. The second-order valence-corrected chi connectivity index (χ2v) is 10.4. The van der Waals surface area contributed by atoms with Crippen LogP contribution in [-0.4, -0.2) is 51.4 Å². The molecular formula is C22H29Cl2N3O3. The molecule has 6 nitrogen and oxygen atoms in total. The van der Waals surface area contributed by atoms with Crippen LogP contribution in [0.25, 0.3) is 0 Å². The smallest absolute Gasteiger partial charge is 0.410 e. The average Bonchev–Trinajstić information content (AvgIpc) is 2.58. The van der Waals surface area contributed by atoms with Crippen LogP contribution in [0.5, 0.6) is 0 Å². The number of nitrogens with zero attached hydrogens (tertiary/aromatic N) is 3. The van der Waals surface area contributed by atoms with Crippen molar-refractivity contribution >= 4 is 35.2 Å². The third-order valence-corrected chi connectivity index (χ3v) is 5.45. The van der Waals surface area contributed by atoms with Crippen molar-refractivity contribution in [1.82, 2.24) is 9.80 Å². The van der Waals surface area contributed by atoms with E-state index in [1.807, 2.05) is 20.8 Å². The minimum atomic E-state index is -1.22. The van der Waals surface area contributed by atoms with Gasteiger partial charge in [0.15, 0.2) is 5.54 Å². The Kier molecular flexibility index (Phi) is 7.00. The summed E-state index contributed by atoms with van der Waals surface area (Å²) in [7, 11) is 0. The van der Waals surface area contributed by atoms with Crippen molar-refractivity contribution in [2.75, 3.05) is 12.4 Å². The molecule has 0 N–H and O–H groups in total. The normalized spacial score (nSPS) is 21.4. The molecule has 1 aromatic rings. The van der Waals surface area contributed by atoms with E-state index in [9.17, 15) is 14.9 Å². The monoisotopic (exact) mass is 453 g/mol. The van der Waals surface area contributed by atoms with Crippen molar-refractivity contribution in [3.8, 4) is 6.07 Å². The van der Waals surface area contributed by atoms with Gasteiger partial charge in [0.25, 0.3) is 0 Å². The summed E-state index contributed by atoms with van der Waals surface area (Å²) in [5, 5.41) is 10.8. The molecule has 0 aliphatic carbocycles. The first-order valence-corrected chi connectivity index (χ1v) is 10.7. The highest BCUT2D eigenvalue weighted by molar-refractivity contribution is 6.30. The van der Waals surface area contributed by atoms with Gasteiger partial charge >= 0.3 is 6.09 Å². The lowest BCUT2D eigenvalue weighted by Crippen LogP contribution is -2.80. The number of halogens is 2. The molecule has 1 heterocycles. The Balaban J connectivity index is 2.45. The number of amides is 2. The SMILES string of the molecule is CC(C)(C)OC(=O)N1CC(C#N)(N(Cc2ccc(Cl)cc2)C(=O)CCl)C1C(C)(C)C. The Morgan fingerprint density at radius 2 is 1.80 bits per heavy atom. The Morgan fingerprint density at radius 1 is 1.23 bits per heavy atom. The van der Waals surface area contributed by atoms with Gasteiger partial charge in [-0.15, -0.1) is 11.6 Å². The number of hydrogen-bond donors (Lipinski definition) is 0. The van der Waals surface area contributed by atoms with Crippen LogP contribution in [0.2, 0.25) is 5.02 Å². The van der Waals surface area contributed by atoms with Crippen molar-refractivity contribution < 1.29 is 14.3 Å². The summed E-state index contributed by atoms with van der Waals surface area (Å²) in [6, 6.07) is 8.84. The first kappa shape index (κ1) is 24.3. The van der Waals surface area contributed by atoms with Crippen LogP contribution in [0.3, 0.4) is 0 Å². The molecule has 1 aromatic carbocycles. The predicted octanol–water partition coefficient (Wildman–Crippen LogP) is 4.84. The van der Waals surface area contributed by atoms with Gasteiger partial charge in [0.2, 0.25) is 5.91 Å². The minimum absolute atomic E-state index is 0.0522. The first-order chi connectivity index (χ1) is 13.7. The lowest BCUT2D eigenvalue weighted by atomic mass is 9.66. The van der Waals surface area contributed by atoms with Gasteiger partial charge in [-0.25, -0.2) is 4.79 Å². The van der Waals surface area contributed by atoms with E-state index in [0.717, 1.165) is 5.56 Å². The number of ether oxygens (including phenoxy) is 1. The lowest BCUT2D eigenvalue weighted by Gasteiger charge is -2.61. The quantitative estimate of drug-likeness (QED) is 0.611. The van der Waals surface area contributed by atoms with E-state index in [-0.39, 0.29) is 24.9 Å². The highest BCUT2D eigenvalue weighted by Crippen LogP contribution is 2.45. The highest BCUT2D eigenvalue weighted by atomic mass is 35.5. The standard InChI is InChI=1S/C22H29Cl2N3O3/c1-20(2,3)18-22(13-25,14-26(18)19(29)30-21(4,5)6)27(17(28)11-23)12-15-7-9-16(24)10-8-15/h7-10,18H,11-12,14H2,1-6H3. The molecule has 0 saturated carbocycles. The van der Waals surface area contributed by atoms with Crippen LogP contribution in [0, 0.1) is 16.7 Å². The van der Waals surface area contributed by atoms with Crippen LogP contribution in [0.4, 0.5) is 4.79 Å². The van der Waals surface area contributed by atoms with E-state index in [1.54, 1.807) is 45.0 Å². The van der Waals surface area contributed by atoms with E-state index < -0.39 is 28.7 Å². The number of alkyl halides is 1. The molecule has 1 fully saturated rings. The fourth-order valence-corrected chi connectivity index (χ4v) is 4.21. The highest BCUT2D eigenvalue weighted by Gasteiger charge is 2.64. The fourth-order valence-electron chi connectivity index (χ4n) is 3.94. The average molecular weight is 454 g/mol. The zero-order valence-electron chi connectivity index (χ0n) is 18.3. The van der Waals surface area contributed by atoms with Gasteiger partial charge in [-0.1, -0.05) is 44.5 Å². The molecule has 2 unspecified atom stereocenters. The number of carbonyl (C=O) groups excluding carboxylic acids is 2. The van der Waals surface area contributed by atoms with E-state index in [0.29, 0.717) is 5.02 Å². The maximum absolute atomic E-state index is 12.8. The van der Waals surface area contributed by atoms with Crippen LogP contribution in [-0.2, 0) is 16.1 Å². The van der Waals surface area contributed by atoms with Gasteiger partial charge in [-0.3, -0.25) is 9.69 Å². The summed E-state index contributed by atoms with van der Waals surface area (Å²) in [6.07, 6.45) is -0.502. The maximum Gasteiger partial charge on any atom is 0.410 e. The summed E-state index contributed by atoms with van der Waals surface area (Å²) < 4.78 is 5.54. The van der Waals surface area contributed by atoms with Crippen LogP contribution < -0.4 is 0 Å². The Hall–Kier alpha value is -1.97. The third-order valence-electron chi connectivity index (χ3n) is 4.97. The van der Waals surface area contributed by atoms with Crippen molar-refractivity contribution in [2.24, 2.45) is 5.41 Å². The van der Waals surface area contributed by atoms with E-state index in [1.165, 1.54) is 9.80 Å². The third kappa shape index (κ3) is 5.01. The van der Waals surface area contributed by atoms with Crippen molar-refractivity contribution in [3.05, 3.63) is 34.9 Å². The molecule has 164 valence electrons. The zero-order chi connectivity index (χ0) is 22.9. The summed E-state index contributed by atoms with van der Waals surface area (Å²) in [5.41, 5.74) is -1.56. The Labute approximate surface area is 188 Å². The van der Waals surface area contributed by atoms with Gasteiger partial charge in [-0.05, 0) is 43.9 Å². The topological polar surface area (TPSA) is 73.6 Å². The first-order valence-electron chi connectivity index (χ1n) is 9.77. The summed E-state index contributed by atoms with van der Waals surface area (Å²) in [5.74, 6) is -0.633. The molecule has 1 aliphatic rings. The summed E-state index contributed by atoms with van der Waals surface area (Å²) >= 11 is 11.9. The number of benzene rings is 1. The second kappa shape index (κ2) is 8.64. The number of carbonyl (C=O) groups is 2. The van der Waals surface area contributed by atoms with Crippen molar-refractivity contribution in [1.29, 1.82) is 5.26 Å². The van der Waals surface area contributed by atoms with Crippen LogP contribution in [0.1, 0.15) is 47.1 Å². The molecular weight excluding hydrogens is 425 g/mol. The number of hydrogen-bond acceptors (Lipinski definition) is 4. The van der Waals surface area contributed by atoms with Crippen LogP contribution >= 0.6 is 23.2 Å². The number of nitriles is 1. The van der Waals surface area contributed by atoms with Gasteiger partial charge < -0.3 is 9.64 Å². The zero-order valence-corrected chi connectivity index (χ0v) is 19.8. The molecule has 2 atom stereocenters. The molecule has 30 heavy (non-hydrogen) atoms. The van der Waals surface area contributed by atoms with E-state index in [4.69, 9.17) is 27.9 Å². The molecule has 0 aromatic heterocycles. The largest absolute Gasteiger partial charge is 0.444 e. The van der Waals surface area contributed by atoms with E-state index >= 15 is 0 Å². The Morgan fingerprint density at radius 3 is 2.23 bits per heavy atom. The molecule has 0 spiro atoms. The van der Waals surface area contributed by atoms with Gasteiger partial charge in [0, 0.05) is 11.6 Å². The minimum Gasteiger partial charge on any atom is -0.444 e. The van der Waals surface area contributed by atoms with E-state index in [2.05, 4.69) is 6.07 Å². The number of likely N-dealkylation sites (tertiary alicyclic amines) is 1. The summed E-state index contributed by atoms with van der Waals surface area (Å²) in [4.78, 5) is 28.7.